The van der Waals surface area contributed by atoms with E-state index < -0.39 is 23.6 Å². The maximum atomic E-state index is 13.7. The lowest BCUT2D eigenvalue weighted by atomic mass is 9.89. The van der Waals surface area contributed by atoms with Crippen molar-refractivity contribution in [1.29, 1.82) is 0 Å². The topological polar surface area (TPSA) is 58.2 Å². The van der Waals surface area contributed by atoms with Crippen molar-refractivity contribution in [2.75, 3.05) is 6.54 Å². The number of carbonyl (C=O) groups excluding carboxylic acids is 2. The van der Waals surface area contributed by atoms with Gasteiger partial charge < -0.3 is 10.6 Å². The van der Waals surface area contributed by atoms with Gasteiger partial charge in [-0.1, -0.05) is 43.5 Å². The fourth-order valence-electron chi connectivity index (χ4n) is 3.62. The maximum Gasteiger partial charge on any atom is 0.240 e. The summed E-state index contributed by atoms with van der Waals surface area (Å²) in [5.74, 6) is -1.45. The Bertz CT molecular complexity index is 789. The Morgan fingerprint density at radius 2 is 1.50 bits per heavy atom. The van der Waals surface area contributed by atoms with Crippen LogP contribution in [0.1, 0.15) is 49.3 Å². The standard InChI is InChI=1S/C22H24F2N2O2/c23-18-10-4-8-16(12-18)21(17-9-5-11-19(24)13-17)26-20(27)14-25-22(28)15-6-2-1-3-7-15/h4-5,8-13,15,21H,1-3,6-7,14H2,(H,25,28)(H,26,27). The molecular formula is C22H24F2N2O2. The van der Waals surface area contributed by atoms with Crippen LogP contribution in [0.5, 0.6) is 0 Å². The van der Waals surface area contributed by atoms with Crippen LogP contribution in [-0.2, 0) is 9.59 Å². The monoisotopic (exact) mass is 386 g/mol. The van der Waals surface area contributed by atoms with E-state index in [0.717, 1.165) is 32.1 Å². The molecule has 6 heteroatoms. The SMILES string of the molecule is O=C(CNC(=O)C1CCCCC1)NC(c1cccc(F)c1)c1cccc(F)c1. The first kappa shape index (κ1) is 20.0. The summed E-state index contributed by atoms with van der Waals surface area (Å²) in [4.78, 5) is 24.7. The van der Waals surface area contributed by atoms with E-state index in [1.165, 1.54) is 36.4 Å². The zero-order valence-electron chi connectivity index (χ0n) is 15.6. The first-order valence-corrected chi connectivity index (χ1v) is 9.61. The van der Waals surface area contributed by atoms with E-state index in [2.05, 4.69) is 10.6 Å². The summed E-state index contributed by atoms with van der Waals surface area (Å²) in [6.07, 6.45) is 4.91. The molecule has 0 unspecified atom stereocenters. The van der Waals surface area contributed by atoms with Crippen LogP contribution in [0, 0.1) is 17.6 Å². The first-order chi connectivity index (χ1) is 13.5. The molecule has 2 N–H and O–H groups in total. The molecule has 0 heterocycles. The van der Waals surface area contributed by atoms with Gasteiger partial charge in [0.15, 0.2) is 0 Å². The van der Waals surface area contributed by atoms with Gasteiger partial charge in [-0.3, -0.25) is 9.59 Å². The number of halogens is 2. The fourth-order valence-corrected chi connectivity index (χ4v) is 3.62. The highest BCUT2D eigenvalue weighted by Gasteiger charge is 2.22. The Labute approximate surface area is 163 Å². The summed E-state index contributed by atoms with van der Waals surface area (Å²) in [5.41, 5.74) is 0.995. The molecule has 0 aromatic heterocycles. The zero-order chi connectivity index (χ0) is 19.9. The van der Waals surface area contributed by atoms with Crippen LogP contribution >= 0.6 is 0 Å². The van der Waals surface area contributed by atoms with Crippen LogP contribution in [0.4, 0.5) is 8.78 Å². The summed E-state index contributed by atoms with van der Waals surface area (Å²) in [5, 5.41) is 5.46. The first-order valence-electron chi connectivity index (χ1n) is 9.61. The molecule has 0 radical (unpaired) electrons. The summed E-state index contributed by atoms with van der Waals surface area (Å²) in [6.45, 7) is -0.170. The van der Waals surface area contributed by atoms with Crippen LogP contribution in [0.15, 0.2) is 48.5 Å². The average Bonchev–Trinajstić information content (AvgIpc) is 2.71. The molecule has 1 aliphatic carbocycles. The van der Waals surface area contributed by atoms with Gasteiger partial charge in [0.25, 0.3) is 0 Å². The van der Waals surface area contributed by atoms with Gasteiger partial charge in [0.2, 0.25) is 11.8 Å². The number of hydrogen-bond donors (Lipinski definition) is 2. The molecule has 2 aromatic rings. The number of hydrogen-bond acceptors (Lipinski definition) is 2. The molecular weight excluding hydrogens is 362 g/mol. The molecule has 2 amide bonds. The number of benzene rings is 2. The summed E-state index contributed by atoms with van der Waals surface area (Å²) in [6, 6.07) is 10.9. The Hall–Kier alpha value is -2.76. The molecule has 0 bridgehead atoms. The Morgan fingerprint density at radius 1 is 0.929 bits per heavy atom. The molecule has 1 aliphatic rings. The van der Waals surface area contributed by atoms with Crippen molar-refractivity contribution in [3.8, 4) is 0 Å². The number of amides is 2. The third kappa shape index (κ3) is 5.38. The molecule has 1 fully saturated rings. The smallest absolute Gasteiger partial charge is 0.240 e. The fraction of sp³-hybridized carbons (Fsp3) is 0.364. The van der Waals surface area contributed by atoms with Crippen molar-refractivity contribution in [2.45, 2.75) is 38.1 Å². The predicted octanol–water partition coefficient (Wildman–Crippen LogP) is 3.87. The third-order valence-corrected chi connectivity index (χ3v) is 5.07. The van der Waals surface area contributed by atoms with Crippen molar-refractivity contribution in [1.82, 2.24) is 10.6 Å². The quantitative estimate of drug-likeness (QED) is 0.792. The lowest BCUT2D eigenvalue weighted by molar-refractivity contribution is -0.129. The molecule has 28 heavy (non-hydrogen) atoms. The van der Waals surface area contributed by atoms with Gasteiger partial charge in [-0.15, -0.1) is 0 Å². The van der Waals surface area contributed by atoms with Crippen LogP contribution in [-0.4, -0.2) is 18.4 Å². The van der Waals surface area contributed by atoms with E-state index in [1.54, 1.807) is 12.1 Å². The van der Waals surface area contributed by atoms with Gasteiger partial charge in [0.05, 0.1) is 12.6 Å². The molecule has 3 rings (SSSR count). The number of nitrogens with one attached hydrogen (secondary N) is 2. The minimum Gasteiger partial charge on any atom is -0.347 e. The van der Waals surface area contributed by atoms with E-state index in [4.69, 9.17) is 0 Å². The molecule has 4 nitrogen and oxygen atoms in total. The van der Waals surface area contributed by atoms with E-state index in [0.29, 0.717) is 11.1 Å². The Kier molecular flexibility index (Phi) is 6.74. The zero-order valence-corrected chi connectivity index (χ0v) is 15.6. The molecule has 148 valence electrons. The van der Waals surface area contributed by atoms with E-state index >= 15 is 0 Å². The normalized spacial score (nSPS) is 14.7. The lowest BCUT2D eigenvalue weighted by Crippen LogP contribution is -2.41. The lowest BCUT2D eigenvalue weighted by Gasteiger charge is -2.22. The average molecular weight is 386 g/mol. The summed E-state index contributed by atoms with van der Waals surface area (Å²) in [7, 11) is 0. The third-order valence-electron chi connectivity index (χ3n) is 5.07. The highest BCUT2D eigenvalue weighted by Crippen LogP contribution is 2.24. The van der Waals surface area contributed by atoms with E-state index in [9.17, 15) is 18.4 Å². The number of rotatable bonds is 6. The second-order valence-corrected chi connectivity index (χ2v) is 7.16. The Balaban J connectivity index is 1.68. The van der Waals surface area contributed by atoms with Crippen molar-refractivity contribution in [3.63, 3.8) is 0 Å². The molecule has 2 aromatic carbocycles. The minimum atomic E-state index is -0.717. The summed E-state index contributed by atoms with van der Waals surface area (Å²) >= 11 is 0. The van der Waals surface area contributed by atoms with Gasteiger partial charge in [-0.05, 0) is 48.2 Å². The molecule has 0 saturated heterocycles. The molecule has 0 atom stereocenters. The second kappa shape index (κ2) is 9.44. The van der Waals surface area contributed by atoms with E-state index in [1.807, 2.05) is 0 Å². The maximum absolute atomic E-state index is 13.7. The molecule has 0 spiro atoms. The van der Waals surface area contributed by atoms with Crippen LogP contribution in [0.25, 0.3) is 0 Å². The van der Waals surface area contributed by atoms with Gasteiger partial charge in [-0.2, -0.15) is 0 Å². The minimum absolute atomic E-state index is 0.0382. The largest absolute Gasteiger partial charge is 0.347 e. The van der Waals surface area contributed by atoms with Gasteiger partial charge in [0, 0.05) is 5.92 Å². The molecule has 0 aliphatic heterocycles. The Morgan fingerprint density at radius 3 is 2.04 bits per heavy atom. The van der Waals surface area contributed by atoms with Crippen molar-refractivity contribution < 1.29 is 18.4 Å². The highest BCUT2D eigenvalue weighted by atomic mass is 19.1. The van der Waals surface area contributed by atoms with Crippen LogP contribution < -0.4 is 10.6 Å². The van der Waals surface area contributed by atoms with Gasteiger partial charge >= 0.3 is 0 Å². The van der Waals surface area contributed by atoms with Crippen molar-refractivity contribution in [2.24, 2.45) is 5.92 Å². The number of carbonyl (C=O) groups is 2. The van der Waals surface area contributed by atoms with Crippen LogP contribution in [0.2, 0.25) is 0 Å². The van der Waals surface area contributed by atoms with E-state index in [-0.39, 0.29) is 18.4 Å². The van der Waals surface area contributed by atoms with Crippen LogP contribution in [0.3, 0.4) is 0 Å². The molecule has 1 saturated carbocycles. The second-order valence-electron chi connectivity index (χ2n) is 7.16. The summed E-state index contributed by atoms with van der Waals surface area (Å²) < 4.78 is 27.4. The van der Waals surface area contributed by atoms with Gasteiger partial charge in [-0.25, -0.2) is 8.78 Å². The predicted molar refractivity (Wildman–Crippen MR) is 102 cm³/mol. The van der Waals surface area contributed by atoms with Crippen molar-refractivity contribution >= 4 is 11.8 Å². The highest BCUT2D eigenvalue weighted by molar-refractivity contribution is 5.86. The van der Waals surface area contributed by atoms with Gasteiger partial charge in [0.1, 0.15) is 11.6 Å². The van der Waals surface area contributed by atoms with Crippen molar-refractivity contribution in [3.05, 3.63) is 71.3 Å².